The Bertz CT molecular complexity index is 382. The maximum Gasteiger partial charge on any atom is 0.123 e. The molecule has 1 atom stereocenters. The minimum Gasteiger partial charge on any atom is -0.380 e. The van der Waals surface area contributed by atoms with E-state index in [1.54, 1.807) is 6.07 Å². The van der Waals surface area contributed by atoms with Crippen LogP contribution in [-0.2, 0) is 11.2 Å². The molecule has 19 heavy (non-hydrogen) atoms. The van der Waals surface area contributed by atoms with E-state index in [2.05, 4.69) is 11.8 Å². The van der Waals surface area contributed by atoms with E-state index in [9.17, 15) is 4.39 Å². The maximum absolute atomic E-state index is 13.4. The van der Waals surface area contributed by atoms with E-state index < -0.39 is 0 Å². The number of anilines is 1. The minimum absolute atomic E-state index is 0.0196. The summed E-state index contributed by atoms with van der Waals surface area (Å²) in [5, 5.41) is 0. The molecule has 0 aliphatic heterocycles. The molecule has 0 saturated carbocycles. The van der Waals surface area contributed by atoms with Gasteiger partial charge in [-0.1, -0.05) is 0 Å². The first-order valence-corrected chi connectivity index (χ1v) is 6.95. The molecule has 0 radical (unpaired) electrons. The molecular weight excluding hydrogens is 243 g/mol. The molecule has 0 aliphatic rings. The zero-order valence-corrected chi connectivity index (χ0v) is 12.2. The largest absolute Gasteiger partial charge is 0.380 e. The number of nitrogens with two attached hydrogens (primary N) is 1. The molecule has 1 rings (SSSR count). The zero-order valence-electron chi connectivity index (χ0n) is 12.2. The highest BCUT2D eigenvalue weighted by Crippen LogP contribution is 2.23. The monoisotopic (exact) mass is 268 g/mol. The zero-order chi connectivity index (χ0) is 14.3. The summed E-state index contributed by atoms with van der Waals surface area (Å²) in [6, 6.07) is 4.94. The van der Waals surface area contributed by atoms with Gasteiger partial charge in [0.05, 0.1) is 6.61 Å². The van der Waals surface area contributed by atoms with Crippen LogP contribution in [0, 0.1) is 5.82 Å². The van der Waals surface area contributed by atoms with Crippen molar-refractivity contribution >= 4 is 5.69 Å². The molecule has 0 aromatic heterocycles. The summed E-state index contributed by atoms with van der Waals surface area (Å²) in [5.41, 5.74) is 7.86. The van der Waals surface area contributed by atoms with E-state index in [-0.39, 0.29) is 11.9 Å². The van der Waals surface area contributed by atoms with Crippen LogP contribution >= 0.6 is 0 Å². The first-order valence-electron chi connectivity index (χ1n) is 6.95. The van der Waals surface area contributed by atoms with Gasteiger partial charge in [0.2, 0.25) is 0 Å². The number of benzene rings is 1. The molecule has 4 heteroatoms. The number of likely N-dealkylation sites (N-methyl/N-ethyl adjacent to an activating group) is 1. The fourth-order valence-electron chi connectivity index (χ4n) is 2.14. The van der Waals surface area contributed by atoms with Gasteiger partial charge in [0.1, 0.15) is 5.82 Å². The Balaban J connectivity index is 2.88. The summed E-state index contributed by atoms with van der Waals surface area (Å²) < 4.78 is 18.8. The minimum atomic E-state index is -0.208. The molecular formula is C15H25FN2O. The third-order valence-corrected chi connectivity index (χ3v) is 3.02. The summed E-state index contributed by atoms with van der Waals surface area (Å²) in [4.78, 5) is 2.20. The Morgan fingerprint density at radius 2 is 2.11 bits per heavy atom. The van der Waals surface area contributed by atoms with Gasteiger partial charge in [0, 0.05) is 31.4 Å². The van der Waals surface area contributed by atoms with E-state index in [0.717, 1.165) is 24.3 Å². The molecule has 0 fully saturated rings. The third-order valence-electron chi connectivity index (χ3n) is 3.02. The van der Waals surface area contributed by atoms with Crippen molar-refractivity contribution in [3.8, 4) is 0 Å². The highest BCUT2D eigenvalue weighted by molar-refractivity contribution is 5.54. The van der Waals surface area contributed by atoms with E-state index in [4.69, 9.17) is 10.5 Å². The predicted octanol–water partition coefficient (Wildman–Crippen LogP) is 2.58. The van der Waals surface area contributed by atoms with Gasteiger partial charge in [-0.05, 0) is 51.0 Å². The number of nitrogens with zero attached hydrogens (tertiary/aromatic N) is 1. The van der Waals surface area contributed by atoms with Gasteiger partial charge >= 0.3 is 0 Å². The van der Waals surface area contributed by atoms with Crippen LogP contribution in [-0.4, -0.2) is 32.3 Å². The van der Waals surface area contributed by atoms with Crippen molar-refractivity contribution in [2.45, 2.75) is 33.2 Å². The Hall–Kier alpha value is -1.13. The first-order chi connectivity index (χ1) is 9.08. The van der Waals surface area contributed by atoms with Gasteiger partial charge in [-0.15, -0.1) is 0 Å². The van der Waals surface area contributed by atoms with Crippen LogP contribution < -0.4 is 10.6 Å². The van der Waals surface area contributed by atoms with Gasteiger partial charge in [0.25, 0.3) is 0 Å². The average Bonchev–Trinajstić information content (AvgIpc) is 2.35. The highest BCUT2D eigenvalue weighted by atomic mass is 19.1. The lowest BCUT2D eigenvalue weighted by atomic mass is 10.0. The van der Waals surface area contributed by atoms with E-state index in [0.29, 0.717) is 19.6 Å². The summed E-state index contributed by atoms with van der Waals surface area (Å²) in [6.45, 7) is 9.07. The summed E-state index contributed by atoms with van der Waals surface area (Å²) in [6.07, 6.45) is 0.679. The third kappa shape index (κ3) is 5.17. The molecule has 0 aliphatic carbocycles. The van der Waals surface area contributed by atoms with E-state index >= 15 is 0 Å². The first kappa shape index (κ1) is 15.9. The Labute approximate surface area is 115 Å². The quantitative estimate of drug-likeness (QED) is 0.736. The second-order valence-corrected chi connectivity index (χ2v) is 4.73. The topological polar surface area (TPSA) is 38.5 Å². The lowest BCUT2D eigenvalue weighted by Crippen LogP contribution is -2.29. The fourth-order valence-corrected chi connectivity index (χ4v) is 2.14. The molecule has 0 heterocycles. The number of hydrogen-bond donors (Lipinski definition) is 1. The number of ether oxygens (including phenoxy) is 1. The Kier molecular flexibility index (Phi) is 6.81. The molecule has 1 aromatic carbocycles. The van der Waals surface area contributed by atoms with E-state index in [1.165, 1.54) is 6.07 Å². The van der Waals surface area contributed by atoms with Crippen LogP contribution in [0.5, 0.6) is 0 Å². The van der Waals surface area contributed by atoms with Crippen LogP contribution in [0.3, 0.4) is 0 Å². The molecule has 1 aromatic rings. The number of rotatable bonds is 8. The molecule has 0 spiro atoms. The number of hydrogen-bond acceptors (Lipinski definition) is 3. The summed E-state index contributed by atoms with van der Waals surface area (Å²) in [7, 11) is 0. The molecule has 3 nitrogen and oxygen atoms in total. The smallest absolute Gasteiger partial charge is 0.123 e. The lowest BCUT2D eigenvalue weighted by molar-refractivity contribution is 0.154. The molecule has 108 valence electrons. The normalized spacial score (nSPS) is 12.5. The standard InChI is InChI=1S/C15H25FN2O/c1-4-18(8-9-19-5-2)15-7-6-14(16)11-13(15)10-12(3)17/h6-7,11-12H,4-5,8-10,17H2,1-3H3. The van der Waals surface area contributed by atoms with Crippen LogP contribution in [0.15, 0.2) is 18.2 Å². The van der Waals surface area contributed by atoms with Crippen molar-refractivity contribution in [1.82, 2.24) is 0 Å². The average molecular weight is 268 g/mol. The molecule has 1 unspecified atom stereocenters. The van der Waals surface area contributed by atoms with Crippen molar-refractivity contribution in [3.05, 3.63) is 29.6 Å². The summed E-state index contributed by atoms with van der Waals surface area (Å²) in [5.74, 6) is -0.208. The Morgan fingerprint density at radius 1 is 1.37 bits per heavy atom. The number of halogens is 1. The van der Waals surface area contributed by atoms with Crippen LogP contribution in [0.1, 0.15) is 26.3 Å². The Morgan fingerprint density at radius 3 is 2.68 bits per heavy atom. The van der Waals surface area contributed by atoms with Crippen molar-refractivity contribution < 1.29 is 9.13 Å². The van der Waals surface area contributed by atoms with Crippen LogP contribution in [0.2, 0.25) is 0 Å². The van der Waals surface area contributed by atoms with Gasteiger partial charge in [-0.3, -0.25) is 0 Å². The maximum atomic E-state index is 13.4. The molecule has 2 N–H and O–H groups in total. The van der Waals surface area contributed by atoms with Crippen molar-refractivity contribution in [2.24, 2.45) is 5.73 Å². The van der Waals surface area contributed by atoms with Gasteiger partial charge in [-0.2, -0.15) is 0 Å². The van der Waals surface area contributed by atoms with Gasteiger partial charge in [0.15, 0.2) is 0 Å². The van der Waals surface area contributed by atoms with Crippen LogP contribution in [0.25, 0.3) is 0 Å². The second-order valence-electron chi connectivity index (χ2n) is 4.73. The summed E-state index contributed by atoms with van der Waals surface area (Å²) >= 11 is 0. The van der Waals surface area contributed by atoms with Gasteiger partial charge in [-0.25, -0.2) is 4.39 Å². The molecule has 0 amide bonds. The van der Waals surface area contributed by atoms with Crippen molar-refractivity contribution in [2.75, 3.05) is 31.2 Å². The molecule has 0 saturated heterocycles. The van der Waals surface area contributed by atoms with Crippen LogP contribution in [0.4, 0.5) is 10.1 Å². The van der Waals surface area contributed by atoms with E-state index in [1.807, 2.05) is 19.9 Å². The lowest BCUT2D eigenvalue weighted by Gasteiger charge is -2.26. The SMILES string of the molecule is CCOCCN(CC)c1ccc(F)cc1CC(C)N. The second kappa shape index (κ2) is 8.12. The highest BCUT2D eigenvalue weighted by Gasteiger charge is 2.12. The van der Waals surface area contributed by atoms with Crippen molar-refractivity contribution in [3.63, 3.8) is 0 Å². The predicted molar refractivity (Wildman–Crippen MR) is 78.1 cm³/mol. The van der Waals surface area contributed by atoms with Gasteiger partial charge < -0.3 is 15.4 Å². The van der Waals surface area contributed by atoms with Crippen molar-refractivity contribution in [1.29, 1.82) is 0 Å². The fraction of sp³-hybridized carbons (Fsp3) is 0.600. The molecule has 0 bridgehead atoms.